The summed E-state index contributed by atoms with van der Waals surface area (Å²) in [5.74, 6) is 0.901. The molecule has 2 aromatic rings. The van der Waals surface area contributed by atoms with E-state index < -0.39 is 0 Å². The average molecular weight is 340 g/mol. The van der Waals surface area contributed by atoms with Gasteiger partial charge in [-0.05, 0) is 61.5 Å². The summed E-state index contributed by atoms with van der Waals surface area (Å²) in [5.41, 5.74) is 2.63. The summed E-state index contributed by atoms with van der Waals surface area (Å²) in [6.45, 7) is 2.36. The van der Waals surface area contributed by atoms with E-state index in [4.69, 9.17) is 4.74 Å². The van der Waals surface area contributed by atoms with Crippen molar-refractivity contribution in [2.75, 3.05) is 26.5 Å². The largest absolute Gasteiger partial charge is 0.497 e. The predicted molar refractivity (Wildman–Crippen MR) is 104 cm³/mol. The Hall–Kier alpha value is -1.71. The van der Waals surface area contributed by atoms with E-state index in [0.29, 0.717) is 6.04 Å². The minimum absolute atomic E-state index is 0.346. The Balaban J connectivity index is 1.94. The van der Waals surface area contributed by atoms with Gasteiger partial charge in [0.25, 0.3) is 0 Å². The molecule has 1 fully saturated rings. The van der Waals surface area contributed by atoms with Gasteiger partial charge in [-0.1, -0.05) is 42.5 Å². The fourth-order valence-corrected chi connectivity index (χ4v) is 3.90. The molecule has 3 rings (SSSR count). The molecule has 1 atom stereocenters. The number of methoxy groups -OCH3 is 1. The Morgan fingerprint density at radius 3 is 2.29 bits per heavy atom. The first-order valence-corrected chi connectivity index (χ1v) is 9.73. The van der Waals surface area contributed by atoms with Crippen LogP contribution in [0.4, 0.5) is 0 Å². The molecule has 1 aliphatic heterocycles. The molecule has 2 nitrogen and oxygen atoms in total. The molecule has 1 unspecified atom stereocenters. The van der Waals surface area contributed by atoms with Crippen LogP contribution in [0.15, 0.2) is 60.7 Å². The number of likely N-dealkylation sites (tertiary alicyclic amines) is 1. The van der Waals surface area contributed by atoms with Crippen molar-refractivity contribution in [3.05, 3.63) is 71.8 Å². The fourth-order valence-electron chi connectivity index (χ4n) is 3.26. The van der Waals surface area contributed by atoms with E-state index in [1.165, 1.54) is 42.0 Å². The second kappa shape index (κ2) is 8.41. The first-order valence-electron chi connectivity index (χ1n) is 8.51. The summed E-state index contributed by atoms with van der Waals surface area (Å²) in [4.78, 5) is 3.91. The second-order valence-corrected chi connectivity index (χ2v) is 6.91. The number of thioether (sulfide) groups is 1. The summed E-state index contributed by atoms with van der Waals surface area (Å²) >= 11 is 1.81. The van der Waals surface area contributed by atoms with Crippen LogP contribution in [0.3, 0.4) is 0 Å². The third kappa shape index (κ3) is 4.03. The van der Waals surface area contributed by atoms with Gasteiger partial charge in [-0.25, -0.2) is 0 Å². The van der Waals surface area contributed by atoms with Gasteiger partial charge in [-0.15, -0.1) is 11.8 Å². The van der Waals surface area contributed by atoms with E-state index >= 15 is 0 Å². The zero-order valence-corrected chi connectivity index (χ0v) is 15.3. The normalized spacial score (nSPS) is 17.0. The van der Waals surface area contributed by atoms with Crippen molar-refractivity contribution in [3.63, 3.8) is 0 Å². The number of benzene rings is 2. The third-order valence-electron chi connectivity index (χ3n) is 4.58. The molecule has 0 aliphatic carbocycles. The van der Waals surface area contributed by atoms with Gasteiger partial charge in [0, 0.05) is 4.91 Å². The lowest BCUT2D eigenvalue weighted by Gasteiger charge is -2.26. The van der Waals surface area contributed by atoms with Gasteiger partial charge >= 0.3 is 0 Å². The lowest BCUT2D eigenvalue weighted by Crippen LogP contribution is -2.24. The van der Waals surface area contributed by atoms with Gasteiger partial charge in [-0.2, -0.15) is 0 Å². The quantitative estimate of drug-likeness (QED) is 0.714. The van der Waals surface area contributed by atoms with Crippen molar-refractivity contribution in [2.45, 2.75) is 18.9 Å². The SMILES string of the molecule is COc1ccc(/C(=C/C(c2ccccc2)N2CCCC2)SC)cc1. The van der Waals surface area contributed by atoms with Crippen molar-refractivity contribution < 1.29 is 4.74 Å². The summed E-state index contributed by atoms with van der Waals surface area (Å²) in [6, 6.07) is 19.6. The molecule has 126 valence electrons. The topological polar surface area (TPSA) is 12.5 Å². The Morgan fingerprint density at radius 1 is 1.04 bits per heavy atom. The van der Waals surface area contributed by atoms with Crippen molar-refractivity contribution in [1.82, 2.24) is 4.90 Å². The highest BCUT2D eigenvalue weighted by atomic mass is 32.2. The molecule has 3 heteroatoms. The van der Waals surface area contributed by atoms with E-state index in [1.54, 1.807) is 7.11 Å². The molecular formula is C21H25NOS. The van der Waals surface area contributed by atoms with E-state index in [9.17, 15) is 0 Å². The zero-order valence-electron chi connectivity index (χ0n) is 14.4. The van der Waals surface area contributed by atoms with Crippen LogP contribution in [0, 0.1) is 0 Å². The fraction of sp³-hybridized carbons (Fsp3) is 0.333. The maximum atomic E-state index is 5.28. The number of nitrogens with zero attached hydrogens (tertiary/aromatic N) is 1. The number of hydrogen-bond donors (Lipinski definition) is 0. The Labute approximate surface area is 149 Å². The monoisotopic (exact) mass is 339 g/mol. The molecule has 2 aromatic carbocycles. The number of ether oxygens (including phenoxy) is 1. The van der Waals surface area contributed by atoms with Gasteiger partial charge < -0.3 is 4.74 Å². The van der Waals surface area contributed by atoms with Crippen molar-refractivity contribution in [1.29, 1.82) is 0 Å². The van der Waals surface area contributed by atoms with Crippen LogP contribution in [0.1, 0.15) is 30.0 Å². The highest BCUT2D eigenvalue weighted by molar-refractivity contribution is 8.07. The molecule has 0 amide bonds. The first-order chi connectivity index (χ1) is 11.8. The first kappa shape index (κ1) is 17.1. The van der Waals surface area contributed by atoms with Crippen LogP contribution in [0.5, 0.6) is 5.75 Å². The second-order valence-electron chi connectivity index (χ2n) is 6.06. The molecule has 0 saturated carbocycles. The Morgan fingerprint density at radius 2 is 1.71 bits per heavy atom. The smallest absolute Gasteiger partial charge is 0.118 e. The molecule has 1 heterocycles. The molecule has 0 N–H and O–H groups in total. The zero-order chi connectivity index (χ0) is 16.8. The summed E-state index contributed by atoms with van der Waals surface area (Å²) < 4.78 is 5.28. The standard InChI is InChI=1S/C21H25NOS/c1-23-19-12-10-18(11-13-19)21(24-2)16-20(22-14-6-7-15-22)17-8-4-3-5-9-17/h3-5,8-13,16,20H,6-7,14-15H2,1-2H3/b21-16-. The lowest BCUT2D eigenvalue weighted by atomic mass is 10.0. The van der Waals surface area contributed by atoms with E-state index in [1.807, 2.05) is 23.9 Å². The minimum atomic E-state index is 0.346. The van der Waals surface area contributed by atoms with E-state index in [0.717, 1.165) is 5.75 Å². The number of rotatable bonds is 6. The van der Waals surface area contributed by atoms with Gasteiger partial charge in [0.05, 0.1) is 13.2 Å². The Kier molecular flexibility index (Phi) is 6.00. The lowest BCUT2D eigenvalue weighted by molar-refractivity contribution is 0.289. The van der Waals surface area contributed by atoms with Crippen LogP contribution in [-0.4, -0.2) is 31.4 Å². The molecular weight excluding hydrogens is 314 g/mol. The average Bonchev–Trinajstić information content (AvgIpc) is 3.18. The van der Waals surface area contributed by atoms with Crippen molar-refractivity contribution >= 4 is 16.7 Å². The van der Waals surface area contributed by atoms with E-state index in [-0.39, 0.29) is 0 Å². The van der Waals surface area contributed by atoms with Gasteiger partial charge in [0.15, 0.2) is 0 Å². The molecule has 0 radical (unpaired) electrons. The van der Waals surface area contributed by atoms with Gasteiger partial charge in [0.1, 0.15) is 5.75 Å². The molecule has 0 bridgehead atoms. The third-order valence-corrected chi connectivity index (χ3v) is 5.39. The van der Waals surface area contributed by atoms with Crippen LogP contribution in [0.25, 0.3) is 4.91 Å². The summed E-state index contributed by atoms with van der Waals surface area (Å²) in [5, 5.41) is 0. The predicted octanol–water partition coefficient (Wildman–Crippen LogP) is 5.24. The molecule has 1 saturated heterocycles. The van der Waals surface area contributed by atoms with Gasteiger partial charge in [0.2, 0.25) is 0 Å². The maximum absolute atomic E-state index is 5.28. The Bertz CT molecular complexity index is 660. The van der Waals surface area contributed by atoms with Crippen molar-refractivity contribution in [3.8, 4) is 5.75 Å². The molecule has 0 spiro atoms. The van der Waals surface area contributed by atoms with Crippen LogP contribution < -0.4 is 4.74 Å². The van der Waals surface area contributed by atoms with Crippen molar-refractivity contribution in [2.24, 2.45) is 0 Å². The maximum Gasteiger partial charge on any atom is 0.118 e. The molecule has 24 heavy (non-hydrogen) atoms. The number of hydrogen-bond acceptors (Lipinski definition) is 3. The van der Waals surface area contributed by atoms with Crippen LogP contribution in [-0.2, 0) is 0 Å². The molecule has 0 aromatic heterocycles. The summed E-state index contributed by atoms with van der Waals surface area (Å²) in [6.07, 6.45) is 7.18. The molecule has 1 aliphatic rings. The minimum Gasteiger partial charge on any atom is -0.497 e. The highest BCUT2D eigenvalue weighted by Gasteiger charge is 2.22. The van der Waals surface area contributed by atoms with Gasteiger partial charge in [-0.3, -0.25) is 4.90 Å². The summed E-state index contributed by atoms with van der Waals surface area (Å²) in [7, 11) is 1.71. The van der Waals surface area contributed by atoms with Crippen LogP contribution in [0.2, 0.25) is 0 Å². The van der Waals surface area contributed by atoms with E-state index in [2.05, 4.69) is 59.7 Å². The highest BCUT2D eigenvalue weighted by Crippen LogP contribution is 2.34. The van der Waals surface area contributed by atoms with Crippen LogP contribution >= 0.6 is 11.8 Å².